The fourth-order valence-electron chi connectivity index (χ4n) is 3.59. The van der Waals surface area contributed by atoms with Gasteiger partial charge in [0.15, 0.2) is 0 Å². The van der Waals surface area contributed by atoms with Crippen molar-refractivity contribution in [3.05, 3.63) is 65.7 Å². The summed E-state index contributed by atoms with van der Waals surface area (Å²) in [7, 11) is 0. The molecule has 3 heterocycles. The molecule has 7 heteroatoms. The molecule has 0 bridgehead atoms. The summed E-state index contributed by atoms with van der Waals surface area (Å²) in [5.74, 6) is -0.825. The van der Waals surface area contributed by atoms with E-state index in [1.54, 1.807) is 23.2 Å². The van der Waals surface area contributed by atoms with Gasteiger partial charge in [-0.15, -0.1) is 0 Å². The second-order valence-electron chi connectivity index (χ2n) is 6.50. The van der Waals surface area contributed by atoms with Gasteiger partial charge in [-0.2, -0.15) is 5.10 Å². The number of halogens is 1. The number of hydrazone groups is 1. The molecule has 0 unspecified atom stereocenters. The lowest BCUT2D eigenvalue weighted by molar-refractivity contribution is -0.127. The molecule has 6 nitrogen and oxygen atoms in total. The van der Waals surface area contributed by atoms with Gasteiger partial charge in [0.05, 0.1) is 5.69 Å². The maximum Gasteiger partial charge on any atom is 0.253 e. The van der Waals surface area contributed by atoms with Crippen LogP contribution in [0, 0.1) is 11.2 Å². The lowest BCUT2D eigenvalue weighted by Gasteiger charge is -2.37. The fraction of sp³-hybridized carbons (Fsp3) is 0.263. The number of hydrogen-bond acceptors (Lipinski definition) is 4. The second-order valence-corrected chi connectivity index (χ2v) is 6.50. The molecular formula is C19H17FN4O2. The van der Waals surface area contributed by atoms with E-state index in [9.17, 15) is 14.0 Å². The zero-order chi connectivity index (χ0) is 18.1. The van der Waals surface area contributed by atoms with E-state index in [2.05, 4.69) is 15.5 Å². The maximum atomic E-state index is 13.4. The number of carbonyl (C=O) groups excluding carboxylic acids is 2. The van der Waals surface area contributed by atoms with Crippen molar-refractivity contribution in [2.24, 2.45) is 10.5 Å². The summed E-state index contributed by atoms with van der Waals surface area (Å²) in [6.45, 7) is 0.795. The van der Waals surface area contributed by atoms with Gasteiger partial charge in [-0.3, -0.25) is 14.6 Å². The molecule has 1 aromatic heterocycles. The number of hydrogen-bond donors (Lipinski definition) is 1. The number of piperidine rings is 1. The lowest BCUT2D eigenvalue weighted by Crippen LogP contribution is -2.50. The minimum atomic E-state index is -0.771. The third-order valence-corrected chi connectivity index (χ3v) is 5.04. The van der Waals surface area contributed by atoms with E-state index in [-0.39, 0.29) is 11.8 Å². The summed E-state index contributed by atoms with van der Waals surface area (Å²) in [5, 5.41) is 4.21. The first-order valence-corrected chi connectivity index (χ1v) is 8.45. The van der Waals surface area contributed by atoms with Crippen LogP contribution in [0.4, 0.5) is 4.39 Å². The molecule has 1 fully saturated rings. The van der Waals surface area contributed by atoms with Gasteiger partial charge >= 0.3 is 0 Å². The van der Waals surface area contributed by atoms with Gasteiger partial charge in [0.25, 0.3) is 11.8 Å². The summed E-state index contributed by atoms with van der Waals surface area (Å²) in [6, 6.07) is 11.1. The van der Waals surface area contributed by atoms with Gasteiger partial charge in [0.1, 0.15) is 16.9 Å². The molecule has 26 heavy (non-hydrogen) atoms. The van der Waals surface area contributed by atoms with Gasteiger partial charge in [0.2, 0.25) is 0 Å². The van der Waals surface area contributed by atoms with Crippen molar-refractivity contribution in [2.75, 3.05) is 13.1 Å². The highest BCUT2D eigenvalue weighted by molar-refractivity contribution is 6.19. The zero-order valence-corrected chi connectivity index (χ0v) is 14.0. The minimum Gasteiger partial charge on any atom is -0.339 e. The number of amides is 2. The third-order valence-electron chi connectivity index (χ3n) is 5.04. The van der Waals surface area contributed by atoms with Crippen LogP contribution in [0.5, 0.6) is 0 Å². The second kappa shape index (κ2) is 6.33. The molecule has 1 aromatic carbocycles. The van der Waals surface area contributed by atoms with Crippen LogP contribution < -0.4 is 5.43 Å². The standard InChI is InChI=1S/C19H17FN4O2/c20-14-5-3-4-13(12-14)17(25)24-10-7-19(8-11-24)16(22-23-18(19)26)15-6-1-2-9-21-15/h1-6,9,12H,7-8,10-11H2,(H,23,26). The number of likely N-dealkylation sites (tertiary alicyclic amines) is 1. The summed E-state index contributed by atoms with van der Waals surface area (Å²) in [4.78, 5) is 31.1. The van der Waals surface area contributed by atoms with E-state index < -0.39 is 11.2 Å². The highest BCUT2D eigenvalue weighted by Gasteiger charge is 2.50. The Morgan fingerprint density at radius 3 is 2.65 bits per heavy atom. The number of rotatable bonds is 2. The maximum absolute atomic E-state index is 13.4. The number of aromatic nitrogens is 1. The lowest BCUT2D eigenvalue weighted by atomic mass is 9.73. The van der Waals surface area contributed by atoms with Gasteiger partial charge in [-0.05, 0) is 43.2 Å². The van der Waals surface area contributed by atoms with Gasteiger partial charge in [-0.25, -0.2) is 9.82 Å². The Morgan fingerprint density at radius 2 is 1.96 bits per heavy atom. The summed E-state index contributed by atoms with van der Waals surface area (Å²) >= 11 is 0. The van der Waals surface area contributed by atoms with Crippen LogP contribution in [0.2, 0.25) is 0 Å². The highest BCUT2D eigenvalue weighted by Crippen LogP contribution is 2.38. The number of carbonyl (C=O) groups is 2. The molecule has 2 amide bonds. The van der Waals surface area contributed by atoms with E-state index in [1.807, 2.05) is 12.1 Å². The number of nitrogens with zero attached hydrogens (tertiary/aromatic N) is 3. The van der Waals surface area contributed by atoms with Crippen molar-refractivity contribution in [3.63, 3.8) is 0 Å². The van der Waals surface area contributed by atoms with Crippen molar-refractivity contribution >= 4 is 17.5 Å². The Hall–Kier alpha value is -3.09. The van der Waals surface area contributed by atoms with Crippen LogP contribution in [0.3, 0.4) is 0 Å². The van der Waals surface area contributed by atoms with Crippen molar-refractivity contribution in [3.8, 4) is 0 Å². The van der Waals surface area contributed by atoms with E-state index in [0.717, 1.165) is 0 Å². The normalized spacial score (nSPS) is 18.6. The smallest absolute Gasteiger partial charge is 0.253 e. The SMILES string of the molecule is O=C(c1cccc(F)c1)N1CCC2(CC1)C(=O)NN=C2c1ccccn1. The molecule has 0 radical (unpaired) electrons. The van der Waals surface area contributed by atoms with Crippen LogP contribution in [-0.4, -0.2) is 40.5 Å². The van der Waals surface area contributed by atoms with Crippen LogP contribution in [0.15, 0.2) is 53.8 Å². The Morgan fingerprint density at radius 1 is 1.15 bits per heavy atom. The highest BCUT2D eigenvalue weighted by atomic mass is 19.1. The largest absolute Gasteiger partial charge is 0.339 e. The molecule has 4 rings (SSSR count). The molecule has 0 aliphatic carbocycles. The molecule has 1 spiro atoms. The average molecular weight is 352 g/mol. The molecule has 0 saturated carbocycles. The van der Waals surface area contributed by atoms with E-state index in [0.29, 0.717) is 42.9 Å². The Kier molecular flexibility index (Phi) is 3.99. The monoisotopic (exact) mass is 352 g/mol. The Labute approximate surface area is 149 Å². The molecule has 0 atom stereocenters. The summed E-state index contributed by atoms with van der Waals surface area (Å²) in [6.07, 6.45) is 2.57. The molecule has 132 valence electrons. The first-order valence-electron chi connectivity index (χ1n) is 8.45. The van der Waals surface area contributed by atoms with Crippen molar-refractivity contribution < 1.29 is 14.0 Å². The molecular weight excluding hydrogens is 335 g/mol. The van der Waals surface area contributed by atoms with Crippen LogP contribution in [-0.2, 0) is 4.79 Å². The predicted octanol–water partition coefficient (Wildman–Crippen LogP) is 1.98. The van der Waals surface area contributed by atoms with Crippen LogP contribution in [0.25, 0.3) is 0 Å². The molecule has 1 saturated heterocycles. The summed E-state index contributed by atoms with van der Waals surface area (Å²) < 4.78 is 13.4. The van der Waals surface area contributed by atoms with Crippen LogP contribution >= 0.6 is 0 Å². The third kappa shape index (κ3) is 2.65. The van der Waals surface area contributed by atoms with Crippen molar-refractivity contribution in [2.45, 2.75) is 12.8 Å². The molecule has 2 aliphatic rings. The van der Waals surface area contributed by atoms with E-state index >= 15 is 0 Å². The molecule has 2 aromatic rings. The molecule has 1 N–H and O–H groups in total. The predicted molar refractivity (Wildman–Crippen MR) is 92.9 cm³/mol. The number of benzene rings is 1. The van der Waals surface area contributed by atoms with Gasteiger partial charge in [0, 0.05) is 24.8 Å². The number of pyridine rings is 1. The topological polar surface area (TPSA) is 74.7 Å². The fourth-order valence-corrected chi connectivity index (χ4v) is 3.59. The Bertz CT molecular complexity index is 889. The van der Waals surface area contributed by atoms with Gasteiger partial charge in [-0.1, -0.05) is 12.1 Å². The van der Waals surface area contributed by atoms with E-state index in [4.69, 9.17) is 0 Å². The molecule has 2 aliphatic heterocycles. The van der Waals surface area contributed by atoms with Crippen LogP contribution in [0.1, 0.15) is 28.9 Å². The summed E-state index contributed by atoms with van der Waals surface area (Å²) in [5.41, 5.74) is 3.40. The first-order chi connectivity index (χ1) is 12.6. The Balaban J connectivity index is 1.54. The average Bonchev–Trinajstić information content (AvgIpc) is 2.98. The van der Waals surface area contributed by atoms with Crippen molar-refractivity contribution in [1.82, 2.24) is 15.3 Å². The quantitative estimate of drug-likeness (QED) is 0.898. The first kappa shape index (κ1) is 16.4. The zero-order valence-electron chi connectivity index (χ0n) is 14.0. The number of nitrogens with one attached hydrogen (secondary N) is 1. The minimum absolute atomic E-state index is 0.156. The van der Waals surface area contributed by atoms with E-state index in [1.165, 1.54) is 18.2 Å². The van der Waals surface area contributed by atoms with Crippen molar-refractivity contribution in [1.29, 1.82) is 0 Å². The van der Waals surface area contributed by atoms with Gasteiger partial charge < -0.3 is 4.90 Å².